The van der Waals surface area contributed by atoms with Gasteiger partial charge in [0.05, 0.1) is 5.52 Å². The molecule has 0 unspecified atom stereocenters. The molecule has 1 heterocycles. The number of ketones is 1. The zero-order valence-electron chi connectivity index (χ0n) is 10.9. The lowest BCUT2D eigenvalue weighted by atomic mass is 9.99. The molecular weight excluding hydrogens is 361 g/mol. The average molecular weight is 373 g/mol. The lowest BCUT2D eigenvalue weighted by Crippen LogP contribution is -1.93. The molecule has 0 spiro atoms. The molecular formula is C17H12INO. The third-order valence-corrected chi connectivity index (χ3v) is 4.13. The number of para-hydroxylation sites is 1. The Morgan fingerprint density at radius 2 is 1.75 bits per heavy atom. The van der Waals surface area contributed by atoms with E-state index in [1.807, 2.05) is 48.7 Å². The Hall–Kier alpha value is -1.75. The second-order valence-electron chi connectivity index (χ2n) is 4.63. The van der Waals surface area contributed by atoms with E-state index in [2.05, 4.69) is 33.6 Å². The van der Waals surface area contributed by atoms with Crippen LogP contribution in [-0.4, -0.2) is 10.8 Å². The number of carbonyl (C=O) groups is 1. The molecule has 0 N–H and O–H groups in total. The van der Waals surface area contributed by atoms with Crippen molar-refractivity contribution in [3.8, 4) is 11.1 Å². The molecule has 1 aromatic heterocycles. The molecule has 0 radical (unpaired) electrons. The molecule has 3 aromatic rings. The fraction of sp³-hybridized carbons (Fsp3) is 0.0588. The SMILES string of the molecule is CC(=O)c1ccc(-c2c(I)cnc3ccccc23)cc1. The van der Waals surface area contributed by atoms with Crippen molar-refractivity contribution in [3.05, 3.63) is 63.9 Å². The number of rotatable bonds is 2. The predicted octanol–water partition coefficient (Wildman–Crippen LogP) is 4.71. The Morgan fingerprint density at radius 3 is 2.45 bits per heavy atom. The Labute approximate surface area is 131 Å². The first-order valence-corrected chi connectivity index (χ1v) is 7.39. The molecule has 0 bridgehead atoms. The molecule has 2 aromatic carbocycles. The van der Waals surface area contributed by atoms with Crippen molar-refractivity contribution in [1.82, 2.24) is 4.98 Å². The van der Waals surface area contributed by atoms with Gasteiger partial charge in [0.15, 0.2) is 5.78 Å². The van der Waals surface area contributed by atoms with Crippen LogP contribution >= 0.6 is 22.6 Å². The molecule has 0 saturated carbocycles. The number of fused-ring (bicyclic) bond motifs is 1. The summed E-state index contributed by atoms with van der Waals surface area (Å²) in [6.07, 6.45) is 1.89. The number of benzene rings is 2. The highest BCUT2D eigenvalue weighted by atomic mass is 127. The minimum atomic E-state index is 0.0887. The van der Waals surface area contributed by atoms with Crippen LogP contribution in [0.4, 0.5) is 0 Å². The zero-order chi connectivity index (χ0) is 14.1. The number of pyridine rings is 1. The van der Waals surface area contributed by atoms with E-state index in [0.717, 1.165) is 25.6 Å². The molecule has 0 aliphatic carbocycles. The van der Waals surface area contributed by atoms with Gasteiger partial charge < -0.3 is 0 Å². The summed E-state index contributed by atoms with van der Waals surface area (Å²) in [5.74, 6) is 0.0887. The first kappa shape index (κ1) is 13.2. The van der Waals surface area contributed by atoms with E-state index in [1.54, 1.807) is 6.92 Å². The molecule has 0 aliphatic heterocycles. The Kier molecular flexibility index (Phi) is 3.53. The van der Waals surface area contributed by atoms with Gasteiger partial charge in [-0.2, -0.15) is 0 Å². The maximum atomic E-state index is 11.4. The van der Waals surface area contributed by atoms with Gasteiger partial charge >= 0.3 is 0 Å². The van der Waals surface area contributed by atoms with Crippen LogP contribution in [0.5, 0.6) is 0 Å². The van der Waals surface area contributed by atoms with Crippen molar-refractivity contribution in [3.63, 3.8) is 0 Å². The van der Waals surface area contributed by atoms with Gasteiger partial charge in [-0.05, 0) is 41.1 Å². The number of aromatic nitrogens is 1. The summed E-state index contributed by atoms with van der Waals surface area (Å²) in [6.45, 7) is 1.58. The number of Topliss-reactive ketones (excluding diaryl/α,β-unsaturated/α-hetero) is 1. The van der Waals surface area contributed by atoms with Crippen molar-refractivity contribution in [2.45, 2.75) is 6.92 Å². The Balaban J connectivity index is 2.23. The number of carbonyl (C=O) groups excluding carboxylic acids is 1. The highest BCUT2D eigenvalue weighted by Gasteiger charge is 2.09. The van der Waals surface area contributed by atoms with Crippen molar-refractivity contribution in [2.24, 2.45) is 0 Å². The molecule has 0 saturated heterocycles. The van der Waals surface area contributed by atoms with Gasteiger partial charge in [0.25, 0.3) is 0 Å². The summed E-state index contributed by atoms with van der Waals surface area (Å²) in [5.41, 5.74) is 4.00. The van der Waals surface area contributed by atoms with Gasteiger partial charge in [-0.25, -0.2) is 0 Å². The fourth-order valence-corrected chi connectivity index (χ4v) is 3.02. The third-order valence-electron chi connectivity index (χ3n) is 3.31. The van der Waals surface area contributed by atoms with E-state index in [1.165, 1.54) is 5.56 Å². The van der Waals surface area contributed by atoms with Gasteiger partial charge in [0, 0.05) is 26.3 Å². The quantitative estimate of drug-likeness (QED) is 0.481. The van der Waals surface area contributed by atoms with E-state index in [-0.39, 0.29) is 5.78 Å². The van der Waals surface area contributed by atoms with Crippen molar-refractivity contribution < 1.29 is 4.79 Å². The summed E-state index contributed by atoms with van der Waals surface area (Å²) in [5, 5.41) is 1.13. The van der Waals surface area contributed by atoms with Crippen molar-refractivity contribution in [1.29, 1.82) is 0 Å². The van der Waals surface area contributed by atoms with E-state index >= 15 is 0 Å². The summed E-state index contributed by atoms with van der Waals surface area (Å²) in [6, 6.07) is 15.9. The maximum absolute atomic E-state index is 11.4. The molecule has 0 fully saturated rings. The standard InChI is InChI=1S/C17H12INO/c1-11(20)12-6-8-13(9-7-12)17-14-4-2-3-5-16(14)19-10-15(17)18/h2-10H,1H3. The van der Waals surface area contributed by atoms with Gasteiger partial charge in [0.1, 0.15) is 0 Å². The smallest absolute Gasteiger partial charge is 0.159 e. The fourth-order valence-electron chi connectivity index (χ4n) is 2.28. The summed E-state index contributed by atoms with van der Waals surface area (Å²) in [7, 11) is 0. The van der Waals surface area contributed by atoms with Crippen LogP contribution < -0.4 is 0 Å². The largest absolute Gasteiger partial charge is 0.295 e. The molecule has 2 nitrogen and oxygen atoms in total. The molecule has 20 heavy (non-hydrogen) atoms. The van der Waals surface area contributed by atoms with Gasteiger partial charge in [0.2, 0.25) is 0 Å². The second kappa shape index (κ2) is 5.32. The van der Waals surface area contributed by atoms with Gasteiger partial charge in [-0.3, -0.25) is 9.78 Å². The topological polar surface area (TPSA) is 30.0 Å². The molecule has 98 valence electrons. The molecule has 0 atom stereocenters. The minimum Gasteiger partial charge on any atom is -0.295 e. The first-order chi connectivity index (χ1) is 9.66. The van der Waals surface area contributed by atoms with E-state index in [0.29, 0.717) is 0 Å². The number of halogens is 1. The van der Waals surface area contributed by atoms with Crippen LogP contribution in [0.25, 0.3) is 22.0 Å². The van der Waals surface area contributed by atoms with Crippen molar-refractivity contribution >= 4 is 39.3 Å². The van der Waals surface area contributed by atoms with Crippen LogP contribution in [0.2, 0.25) is 0 Å². The predicted molar refractivity (Wildman–Crippen MR) is 89.9 cm³/mol. The summed E-state index contributed by atoms with van der Waals surface area (Å²) >= 11 is 2.30. The molecule has 3 rings (SSSR count). The van der Waals surface area contributed by atoms with Gasteiger partial charge in [-0.15, -0.1) is 0 Å². The minimum absolute atomic E-state index is 0.0887. The highest BCUT2D eigenvalue weighted by Crippen LogP contribution is 2.32. The van der Waals surface area contributed by atoms with Crippen LogP contribution in [0.3, 0.4) is 0 Å². The number of nitrogens with zero attached hydrogens (tertiary/aromatic N) is 1. The number of hydrogen-bond acceptors (Lipinski definition) is 2. The zero-order valence-corrected chi connectivity index (χ0v) is 13.1. The maximum Gasteiger partial charge on any atom is 0.159 e. The van der Waals surface area contributed by atoms with Crippen LogP contribution in [0, 0.1) is 3.57 Å². The molecule has 0 amide bonds. The lowest BCUT2D eigenvalue weighted by Gasteiger charge is -2.09. The highest BCUT2D eigenvalue weighted by molar-refractivity contribution is 14.1. The lowest BCUT2D eigenvalue weighted by molar-refractivity contribution is 0.101. The molecule has 3 heteroatoms. The van der Waals surface area contributed by atoms with E-state index in [9.17, 15) is 4.79 Å². The van der Waals surface area contributed by atoms with Crippen LogP contribution in [0.1, 0.15) is 17.3 Å². The first-order valence-electron chi connectivity index (χ1n) is 6.31. The Morgan fingerprint density at radius 1 is 1.05 bits per heavy atom. The van der Waals surface area contributed by atoms with Crippen LogP contribution in [0.15, 0.2) is 54.7 Å². The van der Waals surface area contributed by atoms with Crippen molar-refractivity contribution in [2.75, 3.05) is 0 Å². The second-order valence-corrected chi connectivity index (χ2v) is 5.79. The number of hydrogen-bond donors (Lipinski definition) is 0. The monoisotopic (exact) mass is 373 g/mol. The third kappa shape index (κ3) is 2.33. The average Bonchev–Trinajstić information content (AvgIpc) is 2.47. The summed E-state index contributed by atoms with van der Waals surface area (Å²) < 4.78 is 1.11. The van der Waals surface area contributed by atoms with Gasteiger partial charge in [-0.1, -0.05) is 42.5 Å². The van der Waals surface area contributed by atoms with Crippen LogP contribution in [-0.2, 0) is 0 Å². The van der Waals surface area contributed by atoms with E-state index in [4.69, 9.17) is 0 Å². The Bertz CT molecular complexity index is 794. The summed E-state index contributed by atoms with van der Waals surface area (Å²) in [4.78, 5) is 15.8. The normalized spacial score (nSPS) is 10.7. The molecule has 0 aliphatic rings. The van der Waals surface area contributed by atoms with E-state index < -0.39 is 0 Å².